The number of benzene rings is 4. The Kier molecular flexibility index (Phi) is 4.58. The van der Waals surface area contributed by atoms with Gasteiger partial charge in [-0.2, -0.15) is 0 Å². The van der Waals surface area contributed by atoms with E-state index in [0.717, 1.165) is 27.8 Å². The Morgan fingerprint density at radius 2 is 0.800 bits per heavy atom. The molecule has 0 aliphatic carbocycles. The third-order valence-electron chi connectivity index (χ3n) is 5.00. The Balaban J connectivity index is 1.37. The van der Waals surface area contributed by atoms with E-state index in [1.54, 1.807) is 12.1 Å². The molecule has 4 heteroatoms. The Bertz CT molecular complexity index is 1260. The van der Waals surface area contributed by atoms with Crippen molar-refractivity contribution in [2.24, 2.45) is 0 Å². The van der Waals surface area contributed by atoms with Gasteiger partial charge in [-0.3, -0.25) is 0 Å². The first-order valence-electron chi connectivity index (χ1n) is 9.65. The van der Waals surface area contributed by atoms with Crippen molar-refractivity contribution in [3.8, 4) is 50.9 Å². The van der Waals surface area contributed by atoms with E-state index in [9.17, 15) is 5.11 Å². The van der Waals surface area contributed by atoms with Crippen molar-refractivity contribution < 1.29 is 9.52 Å². The highest BCUT2D eigenvalue weighted by Gasteiger charge is 2.11. The highest BCUT2D eigenvalue weighted by Crippen LogP contribution is 2.28. The minimum atomic E-state index is 0.255. The average Bonchev–Trinajstić information content (AvgIpc) is 3.31. The lowest BCUT2D eigenvalue weighted by Crippen LogP contribution is -1.80. The SMILES string of the molecule is Oc1ccc(-c2ccc(-c3nnc(-c4ccc(-c5ccccc5)cc4)o3)cc2)cc1. The van der Waals surface area contributed by atoms with Crippen LogP contribution in [-0.2, 0) is 0 Å². The molecule has 0 amide bonds. The van der Waals surface area contributed by atoms with Crippen LogP contribution in [0.3, 0.4) is 0 Å². The summed E-state index contributed by atoms with van der Waals surface area (Å²) in [4.78, 5) is 0. The summed E-state index contributed by atoms with van der Waals surface area (Å²) in [5.41, 5.74) is 6.14. The molecule has 1 heterocycles. The third-order valence-corrected chi connectivity index (χ3v) is 5.00. The smallest absolute Gasteiger partial charge is 0.248 e. The molecule has 0 atom stereocenters. The average molecular weight is 390 g/mol. The van der Waals surface area contributed by atoms with E-state index in [1.807, 2.05) is 66.7 Å². The molecule has 0 saturated heterocycles. The first kappa shape index (κ1) is 17.9. The number of phenols is 1. The Labute approximate surface area is 174 Å². The maximum Gasteiger partial charge on any atom is 0.248 e. The molecule has 5 rings (SSSR count). The Morgan fingerprint density at radius 1 is 0.433 bits per heavy atom. The molecular formula is C26H18N2O2. The van der Waals surface area contributed by atoms with E-state index >= 15 is 0 Å². The lowest BCUT2D eigenvalue weighted by Gasteiger charge is -2.03. The molecular weight excluding hydrogens is 372 g/mol. The van der Waals surface area contributed by atoms with Gasteiger partial charge in [-0.05, 0) is 58.7 Å². The van der Waals surface area contributed by atoms with Gasteiger partial charge in [0.15, 0.2) is 0 Å². The van der Waals surface area contributed by atoms with Gasteiger partial charge in [0.2, 0.25) is 11.8 Å². The molecule has 5 aromatic rings. The first-order valence-corrected chi connectivity index (χ1v) is 9.65. The van der Waals surface area contributed by atoms with Gasteiger partial charge in [0.05, 0.1) is 0 Å². The normalized spacial score (nSPS) is 10.8. The third kappa shape index (κ3) is 3.59. The predicted molar refractivity (Wildman–Crippen MR) is 118 cm³/mol. The molecule has 0 radical (unpaired) electrons. The van der Waals surface area contributed by atoms with Crippen molar-refractivity contribution in [3.05, 3.63) is 103 Å². The van der Waals surface area contributed by atoms with E-state index in [0.29, 0.717) is 11.8 Å². The lowest BCUT2D eigenvalue weighted by atomic mass is 10.0. The van der Waals surface area contributed by atoms with Crippen molar-refractivity contribution in [3.63, 3.8) is 0 Å². The molecule has 144 valence electrons. The maximum absolute atomic E-state index is 9.44. The summed E-state index contributed by atoms with van der Waals surface area (Å²) < 4.78 is 5.91. The lowest BCUT2D eigenvalue weighted by molar-refractivity contribution is 0.475. The molecule has 1 aromatic heterocycles. The molecule has 0 bridgehead atoms. The van der Waals surface area contributed by atoms with Crippen LogP contribution in [0.2, 0.25) is 0 Å². The quantitative estimate of drug-likeness (QED) is 0.383. The number of hydrogen-bond donors (Lipinski definition) is 1. The topological polar surface area (TPSA) is 59.2 Å². The number of hydrogen-bond acceptors (Lipinski definition) is 4. The Hall–Kier alpha value is -4.18. The van der Waals surface area contributed by atoms with Crippen molar-refractivity contribution in [2.45, 2.75) is 0 Å². The highest BCUT2D eigenvalue weighted by molar-refractivity contribution is 5.69. The molecule has 4 nitrogen and oxygen atoms in total. The van der Waals surface area contributed by atoms with E-state index in [4.69, 9.17) is 4.42 Å². The number of aromatic nitrogens is 2. The molecule has 1 N–H and O–H groups in total. The fourth-order valence-corrected chi connectivity index (χ4v) is 3.35. The van der Waals surface area contributed by atoms with Crippen molar-refractivity contribution in [1.82, 2.24) is 10.2 Å². The standard InChI is InChI=1S/C26H18N2O2/c29-24-16-14-21(15-17-24)20-8-12-23(13-9-20)26-28-27-25(30-26)22-10-6-19(7-11-22)18-4-2-1-3-5-18/h1-17,29H. The minimum Gasteiger partial charge on any atom is -0.508 e. The second-order valence-corrected chi connectivity index (χ2v) is 6.98. The molecule has 0 aliphatic rings. The molecule has 0 spiro atoms. The van der Waals surface area contributed by atoms with Crippen LogP contribution in [0, 0.1) is 0 Å². The summed E-state index contributed by atoms with van der Waals surface area (Å²) in [6, 6.07) is 33.4. The highest BCUT2D eigenvalue weighted by atomic mass is 16.4. The second-order valence-electron chi connectivity index (χ2n) is 6.98. The zero-order chi connectivity index (χ0) is 20.3. The summed E-state index contributed by atoms with van der Waals surface area (Å²) in [5.74, 6) is 1.23. The molecule has 0 saturated carbocycles. The zero-order valence-electron chi connectivity index (χ0n) is 16.1. The molecule has 0 aliphatic heterocycles. The minimum absolute atomic E-state index is 0.255. The van der Waals surface area contributed by atoms with Gasteiger partial charge in [0.25, 0.3) is 0 Å². The summed E-state index contributed by atoms with van der Waals surface area (Å²) in [6.07, 6.45) is 0. The fraction of sp³-hybridized carbons (Fsp3) is 0. The summed E-state index contributed by atoms with van der Waals surface area (Å²) in [7, 11) is 0. The van der Waals surface area contributed by atoms with Crippen molar-refractivity contribution in [2.75, 3.05) is 0 Å². The summed E-state index contributed by atoms with van der Waals surface area (Å²) in [5, 5.41) is 17.9. The monoisotopic (exact) mass is 390 g/mol. The van der Waals surface area contributed by atoms with Gasteiger partial charge in [-0.1, -0.05) is 66.7 Å². The second kappa shape index (κ2) is 7.68. The number of rotatable bonds is 4. The van der Waals surface area contributed by atoms with Gasteiger partial charge in [0.1, 0.15) is 5.75 Å². The number of phenolic OH excluding ortho intramolecular Hbond substituents is 1. The van der Waals surface area contributed by atoms with Crippen LogP contribution in [0.1, 0.15) is 0 Å². The van der Waals surface area contributed by atoms with Crippen molar-refractivity contribution in [1.29, 1.82) is 0 Å². The van der Waals surface area contributed by atoms with Gasteiger partial charge >= 0.3 is 0 Å². The molecule has 0 fully saturated rings. The molecule has 0 unspecified atom stereocenters. The van der Waals surface area contributed by atoms with Crippen LogP contribution in [-0.4, -0.2) is 15.3 Å². The first-order chi connectivity index (χ1) is 14.8. The van der Waals surface area contributed by atoms with E-state index in [-0.39, 0.29) is 5.75 Å². The van der Waals surface area contributed by atoms with Gasteiger partial charge in [0, 0.05) is 11.1 Å². The van der Waals surface area contributed by atoms with Gasteiger partial charge in [-0.25, -0.2) is 0 Å². The van der Waals surface area contributed by atoms with Gasteiger partial charge < -0.3 is 9.52 Å². The molecule has 4 aromatic carbocycles. The summed E-state index contributed by atoms with van der Waals surface area (Å²) in [6.45, 7) is 0. The van der Waals surface area contributed by atoms with Crippen LogP contribution >= 0.6 is 0 Å². The van der Waals surface area contributed by atoms with Crippen LogP contribution in [0.4, 0.5) is 0 Å². The van der Waals surface area contributed by atoms with Crippen molar-refractivity contribution >= 4 is 0 Å². The number of nitrogens with zero attached hydrogens (tertiary/aromatic N) is 2. The molecule has 30 heavy (non-hydrogen) atoms. The maximum atomic E-state index is 9.44. The van der Waals surface area contributed by atoms with Crippen LogP contribution in [0.15, 0.2) is 108 Å². The largest absolute Gasteiger partial charge is 0.508 e. The van der Waals surface area contributed by atoms with Crippen LogP contribution in [0.5, 0.6) is 5.75 Å². The zero-order valence-corrected chi connectivity index (χ0v) is 16.1. The summed E-state index contributed by atoms with van der Waals surface area (Å²) >= 11 is 0. The predicted octanol–water partition coefficient (Wildman–Crippen LogP) is 6.44. The number of aromatic hydroxyl groups is 1. The van der Waals surface area contributed by atoms with Crippen LogP contribution in [0.25, 0.3) is 45.2 Å². The van der Waals surface area contributed by atoms with E-state index in [1.165, 1.54) is 5.56 Å². The van der Waals surface area contributed by atoms with Crippen LogP contribution < -0.4 is 0 Å². The van der Waals surface area contributed by atoms with Gasteiger partial charge in [-0.15, -0.1) is 10.2 Å². The Morgan fingerprint density at radius 3 is 1.27 bits per heavy atom. The van der Waals surface area contributed by atoms with E-state index in [2.05, 4.69) is 34.5 Å². The fourth-order valence-electron chi connectivity index (χ4n) is 3.35. The van der Waals surface area contributed by atoms with E-state index < -0.39 is 0 Å².